The zero-order valence-electron chi connectivity index (χ0n) is 14.2. The third kappa shape index (κ3) is 7.79. The maximum absolute atomic E-state index is 12.2. The van der Waals surface area contributed by atoms with Gasteiger partial charge in [0.05, 0.1) is 24.9 Å². The molecule has 5 nitrogen and oxygen atoms in total. The molecule has 0 aromatic heterocycles. The molecule has 23 heavy (non-hydrogen) atoms. The number of carbonyl (C=O) groups excluding carboxylic acids is 1. The Morgan fingerprint density at radius 1 is 1.39 bits per heavy atom. The molecule has 0 heterocycles. The van der Waals surface area contributed by atoms with Gasteiger partial charge in [-0.3, -0.25) is 4.79 Å². The van der Waals surface area contributed by atoms with E-state index < -0.39 is 11.6 Å². The van der Waals surface area contributed by atoms with E-state index in [9.17, 15) is 9.90 Å². The average molecular weight is 345 g/mol. The Bertz CT molecular complexity index is 454. The number of aliphatic hydroxyl groups excluding tert-OH is 1. The molecule has 0 spiro atoms. The Morgan fingerprint density at radius 3 is 2.57 bits per heavy atom. The molecule has 0 radical (unpaired) electrons. The van der Waals surface area contributed by atoms with E-state index in [2.05, 4.69) is 0 Å². The van der Waals surface area contributed by atoms with Gasteiger partial charge in [-0.15, -0.1) is 12.4 Å². The number of likely N-dealkylation sites (N-methyl/N-ethyl adjacent to an activating group) is 1. The molecule has 2 atom stereocenters. The lowest BCUT2D eigenvalue weighted by Crippen LogP contribution is -2.53. The fourth-order valence-electron chi connectivity index (χ4n) is 2.40. The molecule has 0 aliphatic heterocycles. The van der Waals surface area contributed by atoms with Gasteiger partial charge in [0.2, 0.25) is 5.91 Å². The summed E-state index contributed by atoms with van der Waals surface area (Å²) in [5, 5.41) is 9.98. The smallest absolute Gasteiger partial charge is 0.242 e. The molecule has 6 heteroatoms. The van der Waals surface area contributed by atoms with E-state index in [1.54, 1.807) is 14.0 Å². The number of nitrogens with two attached hydrogens (primary N) is 1. The summed E-state index contributed by atoms with van der Waals surface area (Å²) < 4.78 is 5.48. The maximum atomic E-state index is 12.2. The van der Waals surface area contributed by atoms with Gasteiger partial charge in [-0.2, -0.15) is 0 Å². The molecule has 0 bridgehead atoms. The number of ether oxygens (including phenoxy) is 1. The predicted molar refractivity (Wildman–Crippen MR) is 94.5 cm³/mol. The summed E-state index contributed by atoms with van der Waals surface area (Å²) in [6, 6.07) is 9.76. The standard InChI is InChI=1S/C17H28N2O3.ClH/c1-4-10-17(2,18)16(21)19(3)11-15(20)13-22-12-14-8-6-5-7-9-14;/h5-9,15,20H,4,10-13,18H2,1-3H3;1H. The molecular weight excluding hydrogens is 316 g/mol. The third-order valence-corrected chi connectivity index (χ3v) is 3.51. The van der Waals surface area contributed by atoms with Crippen molar-refractivity contribution in [3.8, 4) is 0 Å². The minimum absolute atomic E-state index is 0. The molecule has 0 fully saturated rings. The molecule has 2 unspecified atom stereocenters. The Hall–Kier alpha value is -1.14. The van der Waals surface area contributed by atoms with Crippen LogP contribution in [0.1, 0.15) is 32.3 Å². The van der Waals surface area contributed by atoms with Crippen molar-refractivity contribution in [1.29, 1.82) is 0 Å². The van der Waals surface area contributed by atoms with Crippen molar-refractivity contribution in [3.05, 3.63) is 35.9 Å². The van der Waals surface area contributed by atoms with Gasteiger partial charge in [-0.1, -0.05) is 43.7 Å². The fourth-order valence-corrected chi connectivity index (χ4v) is 2.40. The van der Waals surface area contributed by atoms with Crippen molar-refractivity contribution in [1.82, 2.24) is 4.90 Å². The quantitative estimate of drug-likeness (QED) is 0.718. The number of benzene rings is 1. The van der Waals surface area contributed by atoms with E-state index in [0.29, 0.717) is 13.0 Å². The molecule has 1 aromatic rings. The second kappa shape index (κ2) is 10.6. The van der Waals surface area contributed by atoms with Crippen LogP contribution in [0.5, 0.6) is 0 Å². The van der Waals surface area contributed by atoms with Crippen LogP contribution in [0.4, 0.5) is 0 Å². The molecule has 1 aromatic carbocycles. The van der Waals surface area contributed by atoms with Crippen LogP contribution in [0.3, 0.4) is 0 Å². The van der Waals surface area contributed by atoms with Crippen molar-refractivity contribution in [3.63, 3.8) is 0 Å². The predicted octanol–water partition coefficient (Wildman–Crippen LogP) is 1.96. The first kappa shape index (κ1) is 21.9. The highest BCUT2D eigenvalue weighted by atomic mass is 35.5. The summed E-state index contributed by atoms with van der Waals surface area (Å²) in [7, 11) is 1.66. The van der Waals surface area contributed by atoms with E-state index >= 15 is 0 Å². The summed E-state index contributed by atoms with van der Waals surface area (Å²) in [4.78, 5) is 13.7. The normalized spacial score (nSPS) is 14.5. The molecule has 1 amide bonds. The van der Waals surface area contributed by atoms with E-state index in [1.807, 2.05) is 37.3 Å². The highest BCUT2D eigenvalue weighted by Gasteiger charge is 2.30. The fraction of sp³-hybridized carbons (Fsp3) is 0.588. The van der Waals surface area contributed by atoms with Gasteiger partial charge < -0.3 is 20.5 Å². The van der Waals surface area contributed by atoms with Crippen LogP contribution in [-0.4, -0.2) is 47.8 Å². The number of amides is 1. The SMILES string of the molecule is CCCC(C)(N)C(=O)N(C)CC(O)COCc1ccccc1.Cl. The number of hydrogen-bond acceptors (Lipinski definition) is 4. The number of carbonyl (C=O) groups is 1. The largest absolute Gasteiger partial charge is 0.389 e. The molecule has 132 valence electrons. The highest BCUT2D eigenvalue weighted by molar-refractivity contribution is 5.85. The first-order valence-electron chi connectivity index (χ1n) is 7.71. The van der Waals surface area contributed by atoms with Crippen LogP contribution < -0.4 is 5.73 Å². The van der Waals surface area contributed by atoms with Crippen molar-refractivity contribution in [2.45, 2.75) is 44.9 Å². The van der Waals surface area contributed by atoms with Gasteiger partial charge in [0.15, 0.2) is 0 Å². The lowest BCUT2D eigenvalue weighted by atomic mass is 9.96. The van der Waals surface area contributed by atoms with Gasteiger partial charge in [-0.05, 0) is 18.9 Å². The van der Waals surface area contributed by atoms with Gasteiger partial charge in [-0.25, -0.2) is 0 Å². The Balaban J connectivity index is 0.00000484. The van der Waals surface area contributed by atoms with Crippen LogP contribution >= 0.6 is 12.4 Å². The zero-order valence-corrected chi connectivity index (χ0v) is 15.0. The third-order valence-electron chi connectivity index (χ3n) is 3.51. The average Bonchev–Trinajstić information content (AvgIpc) is 2.47. The summed E-state index contributed by atoms with van der Waals surface area (Å²) in [5.74, 6) is -0.156. The number of hydrogen-bond donors (Lipinski definition) is 2. The van der Waals surface area contributed by atoms with Crippen LogP contribution in [0, 0.1) is 0 Å². The molecular formula is C17H29ClN2O3. The van der Waals surface area contributed by atoms with E-state index in [1.165, 1.54) is 4.90 Å². The zero-order chi connectivity index (χ0) is 16.6. The maximum Gasteiger partial charge on any atom is 0.242 e. The summed E-state index contributed by atoms with van der Waals surface area (Å²) >= 11 is 0. The summed E-state index contributed by atoms with van der Waals surface area (Å²) in [6.45, 7) is 4.56. The van der Waals surface area contributed by atoms with Gasteiger partial charge in [0.25, 0.3) is 0 Å². The number of rotatable bonds is 9. The molecule has 1 rings (SSSR count). The van der Waals surface area contributed by atoms with E-state index in [0.717, 1.165) is 12.0 Å². The van der Waals surface area contributed by atoms with Crippen LogP contribution in [0.25, 0.3) is 0 Å². The van der Waals surface area contributed by atoms with E-state index in [-0.39, 0.29) is 31.5 Å². The number of nitrogens with zero attached hydrogens (tertiary/aromatic N) is 1. The number of aliphatic hydroxyl groups is 1. The minimum atomic E-state index is -0.881. The van der Waals surface area contributed by atoms with Crippen LogP contribution in [0.15, 0.2) is 30.3 Å². The van der Waals surface area contributed by atoms with Crippen molar-refractivity contribution < 1.29 is 14.6 Å². The Kier molecular flexibility index (Phi) is 10.1. The van der Waals surface area contributed by atoms with Crippen LogP contribution in [-0.2, 0) is 16.1 Å². The topological polar surface area (TPSA) is 75.8 Å². The van der Waals surface area contributed by atoms with Crippen molar-refractivity contribution >= 4 is 18.3 Å². The van der Waals surface area contributed by atoms with Gasteiger partial charge in [0.1, 0.15) is 0 Å². The number of halogens is 1. The van der Waals surface area contributed by atoms with Gasteiger partial charge in [0, 0.05) is 13.6 Å². The Morgan fingerprint density at radius 2 is 2.00 bits per heavy atom. The Labute approximate surface area is 145 Å². The monoisotopic (exact) mass is 344 g/mol. The first-order chi connectivity index (χ1) is 10.4. The molecule has 0 saturated heterocycles. The lowest BCUT2D eigenvalue weighted by Gasteiger charge is -2.30. The van der Waals surface area contributed by atoms with Gasteiger partial charge >= 0.3 is 0 Å². The summed E-state index contributed by atoms with van der Waals surface area (Å²) in [6.07, 6.45) is 0.738. The minimum Gasteiger partial charge on any atom is -0.389 e. The van der Waals surface area contributed by atoms with Crippen LogP contribution in [0.2, 0.25) is 0 Å². The lowest BCUT2D eigenvalue weighted by molar-refractivity contribution is -0.137. The van der Waals surface area contributed by atoms with Crippen molar-refractivity contribution in [2.24, 2.45) is 5.73 Å². The molecule has 3 N–H and O–H groups in total. The second-order valence-electron chi connectivity index (χ2n) is 6.01. The van der Waals surface area contributed by atoms with E-state index in [4.69, 9.17) is 10.5 Å². The summed E-state index contributed by atoms with van der Waals surface area (Å²) in [5.41, 5.74) is 6.19. The molecule has 0 saturated carbocycles. The second-order valence-corrected chi connectivity index (χ2v) is 6.01. The molecule has 0 aliphatic carbocycles. The highest BCUT2D eigenvalue weighted by Crippen LogP contribution is 2.12. The van der Waals surface area contributed by atoms with Crippen molar-refractivity contribution in [2.75, 3.05) is 20.2 Å². The first-order valence-corrected chi connectivity index (χ1v) is 7.71. The molecule has 0 aliphatic rings.